The average molecular weight is 331 g/mol. The fraction of sp³-hybridized carbons (Fsp3) is 0.389. The minimum atomic E-state index is -1.51. The number of hydrogen-bond acceptors (Lipinski definition) is 5. The van der Waals surface area contributed by atoms with E-state index in [1.807, 2.05) is 0 Å². The molecule has 1 aliphatic rings. The molecule has 2 rings (SSSR count). The molecule has 1 atom stereocenters. The van der Waals surface area contributed by atoms with Crippen LogP contribution in [0.4, 0.5) is 0 Å². The lowest BCUT2D eigenvalue weighted by Gasteiger charge is -2.38. The minimum Gasteiger partial charge on any atom is -0.461 e. The Hall–Kier alpha value is -2.47. The smallest absolute Gasteiger partial charge is 0.322 e. The first-order valence-corrected chi connectivity index (χ1v) is 7.87. The molecule has 0 saturated carbocycles. The third-order valence-corrected chi connectivity index (χ3v) is 4.17. The highest BCUT2D eigenvalue weighted by Crippen LogP contribution is 2.36. The molecule has 1 fully saturated rings. The molecule has 0 aliphatic carbocycles. The van der Waals surface area contributed by atoms with Crippen LogP contribution in [0.2, 0.25) is 0 Å². The molecule has 1 unspecified atom stereocenters. The van der Waals surface area contributed by atoms with E-state index in [1.54, 1.807) is 30.3 Å². The van der Waals surface area contributed by atoms with Gasteiger partial charge in [0.25, 0.3) is 5.91 Å². The first kappa shape index (κ1) is 17.9. The number of ether oxygens (including phenoxy) is 1. The number of nitrogens with zero attached hydrogens (tertiary/aromatic N) is 1. The SMILES string of the molecule is C=CCOC(=O)C1(CCO)CCCN(C(=O)c2ccccc2)C1=O. The van der Waals surface area contributed by atoms with E-state index in [-0.39, 0.29) is 32.6 Å². The largest absolute Gasteiger partial charge is 0.461 e. The molecule has 24 heavy (non-hydrogen) atoms. The zero-order chi connectivity index (χ0) is 17.6. The normalized spacial score (nSPS) is 20.5. The molecular weight excluding hydrogens is 310 g/mol. The molecule has 128 valence electrons. The van der Waals surface area contributed by atoms with E-state index in [2.05, 4.69) is 6.58 Å². The van der Waals surface area contributed by atoms with E-state index in [0.717, 1.165) is 4.90 Å². The number of carbonyl (C=O) groups is 3. The summed E-state index contributed by atoms with van der Waals surface area (Å²) in [5.41, 5.74) is -1.13. The fourth-order valence-corrected chi connectivity index (χ4v) is 2.92. The number of imide groups is 1. The summed E-state index contributed by atoms with van der Waals surface area (Å²) in [7, 11) is 0. The van der Waals surface area contributed by atoms with Gasteiger partial charge in [0.2, 0.25) is 5.91 Å². The van der Waals surface area contributed by atoms with Gasteiger partial charge in [-0.3, -0.25) is 19.3 Å². The summed E-state index contributed by atoms with van der Waals surface area (Å²) in [4.78, 5) is 39.1. The summed E-state index contributed by atoms with van der Waals surface area (Å²) < 4.78 is 5.06. The van der Waals surface area contributed by atoms with Gasteiger partial charge in [-0.25, -0.2) is 0 Å². The second-order valence-electron chi connectivity index (χ2n) is 5.67. The standard InChI is InChI=1S/C18H21NO5/c1-2-13-24-17(23)18(10-12-20)9-6-11-19(16(18)22)15(21)14-7-4-3-5-8-14/h2-5,7-8,20H,1,6,9-13H2. The predicted molar refractivity (Wildman–Crippen MR) is 87.0 cm³/mol. The van der Waals surface area contributed by atoms with Crippen LogP contribution in [0.3, 0.4) is 0 Å². The Morgan fingerprint density at radius 2 is 2.04 bits per heavy atom. The van der Waals surface area contributed by atoms with Gasteiger partial charge in [-0.05, 0) is 31.4 Å². The van der Waals surface area contributed by atoms with E-state index in [0.29, 0.717) is 12.0 Å². The van der Waals surface area contributed by atoms with Crippen LogP contribution in [0.1, 0.15) is 29.6 Å². The van der Waals surface area contributed by atoms with Crippen LogP contribution < -0.4 is 0 Å². The van der Waals surface area contributed by atoms with Crippen molar-refractivity contribution in [3.63, 3.8) is 0 Å². The van der Waals surface area contributed by atoms with Crippen molar-refractivity contribution in [2.75, 3.05) is 19.8 Å². The Balaban J connectivity index is 2.30. The molecular formula is C18H21NO5. The summed E-state index contributed by atoms with van der Waals surface area (Å²) >= 11 is 0. The van der Waals surface area contributed by atoms with Gasteiger partial charge < -0.3 is 9.84 Å². The highest BCUT2D eigenvalue weighted by Gasteiger charge is 2.52. The van der Waals surface area contributed by atoms with Gasteiger partial charge in [0.1, 0.15) is 12.0 Å². The van der Waals surface area contributed by atoms with E-state index in [1.165, 1.54) is 6.08 Å². The van der Waals surface area contributed by atoms with Crippen LogP contribution in [0.25, 0.3) is 0 Å². The Morgan fingerprint density at radius 1 is 1.33 bits per heavy atom. The van der Waals surface area contributed by atoms with Crippen molar-refractivity contribution in [2.24, 2.45) is 5.41 Å². The van der Waals surface area contributed by atoms with Gasteiger partial charge in [0, 0.05) is 18.7 Å². The number of benzene rings is 1. The zero-order valence-corrected chi connectivity index (χ0v) is 13.4. The van der Waals surface area contributed by atoms with Crippen molar-refractivity contribution in [3.8, 4) is 0 Å². The maximum Gasteiger partial charge on any atom is 0.322 e. The summed E-state index contributed by atoms with van der Waals surface area (Å²) in [5, 5.41) is 9.33. The van der Waals surface area contributed by atoms with Crippen LogP contribution in [0.15, 0.2) is 43.0 Å². The second-order valence-corrected chi connectivity index (χ2v) is 5.67. The number of aliphatic hydroxyl groups excluding tert-OH is 1. The topological polar surface area (TPSA) is 83.9 Å². The van der Waals surface area contributed by atoms with Crippen LogP contribution in [0, 0.1) is 5.41 Å². The first-order valence-electron chi connectivity index (χ1n) is 7.87. The van der Waals surface area contributed by atoms with Crippen molar-refractivity contribution in [1.82, 2.24) is 4.90 Å². The van der Waals surface area contributed by atoms with Gasteiger partial charge in [-0.2, -0.15) is 0 Å². The predicted octanol–water partition coefficient (Wildman–Crippen LogP) is 1.55. The number of carbonyl (C=O) groups excluding carboxylic acids is 3. The van der Waals surface area contributed by atoms with Gasteiger partial charge in [0.05, 0.1) is 0 Å². The van der Waals surface area contributed by atoms with Crippen LogP contribution in [-0.2, 0) is 14.3 Å². The van der Waals surface area contributed by atoms with Crippen molar-refractivity contribution in [3.05, 3.63) is 48.6 Å². The van der Waals surface area contributed by atoms with Crippen LogP contribution in [0.5, 0.6) is 0 Å². The molecule has 6 nitrogen and oxygen atoms in total. The number of piperidine rings is 1. The maximum atomic E-state index is 12.9. The molecule has 1 saturated heterocycles. The molecule has 1 heterocycles. The minimum absolute atomic E-state index is 0.0219. The Bertz CT molecular complexity index is 624. The highest BCUT2D eigenvalue weighted by molar-refractivity contribution is 6.12. The Morgan fingerprint density at radius 3 is 2.67 bits per heavy atom. The van der Waals surface area contributed by atoms with E-state index in [9.17, 15) is 19.5 Å². The third-order valence-electron chi connectivity index (χ3n) is 4.17. The quantitative estimate of drug-likeness (QED) is 0.370. The van der Waals surface area contributed by atoms with Crippen molar-refractivity contribution >= 4 is 17.8 Å². The summed E-state index contributed by atoms with van der Waals surface area (Å²) in [6, 6.07) is 8.43. The second kappa shape index (κ2) is 7.88. The molecule has 2 amide bonds. The lowest BCUT2D eigenvalue weighted by atomic mass is 9.76. The molecule has 6 heteroatoms. The number of amides is 2. The summed E-state index contributed by atoms with van der Waals surface area (Å²) in [5.74, 6) is -1.77. The first-order chi connectivity index (χ1) is 11.6. The monoisotopic (exact) mass is 331 g/mol. The molecule has 0 aromatic heterocycles. The number of rotatable bonds is 6. The summed E-state index contributed by atoms with van der Waals surface area (Å²) in [6.07, 6.45) is 2.07. The molecule has 1 aromatic rings. The number of aliphatic hydroxyl groups is 1. The lowest BCUT2D eigenvalue weighted by Crippen LogP contribution is -2.55. The maximum absolute atomic E-state index is 12.9. The fourth-order valence-electron chi connectivity index (χ4n) is 2.92. The van der Waals surface area contributed by atoms with Gasteiger partial charge >= 0.3 is 5.97 Å². The van der Waals surface area contributed by atoms with Crippen molar-refractivity contribution in [2.45, 2.75) is 19.3 Å². The average Bonchev–Trinajstić information content (AvgIpc) is 2.61. The van der Waals surface area contributed by atoms with E-state index in [4.69, 9.17) is 4.74 Å². The van der Waals surface area contributed by atoms with Crippen LogP contribution >= 0.6 is 0 Å². The zero-order valence-electron chi connectivity index (χ0n) is 13.4. The Labute approximate surface area is 140 Å². The number of hydrogen-bond donors (Lipinski definition) is 1. The Kier molecular flexibility index (Phi) is 5.87. The molecule has 1 aromatic carbocycles. The van der Waals surface area contributed by atoms with Crippen molar-refractivity contribution in [1.29, 1.82) is 0 Å². The molecule has 1 N–H and O–H groups in total. The molecule has 1 aliphatic heterocycles. The van der Waals surface area contributed by atoms with Crippen LogP contribution in [-0.4, -0.2) is 47.5 Å². The molecule has 0 spiro atoms. The lowest BCUT2D eigenvalue weighted by molar-refractivity contribution is -0.167. The van der Waals surface area contributed by atoms with Gasteiger partial charge in [-0.15, -0.1) is 0 Å². The van der Waals surface area contributed by atoms with Gasteiger partial charge in [0.15, 0.2) is 0 Å². The van der Waals surface area contributed by atoms with E-state index < -0.39 is 23.2 Å². The third kappa shape index (κ3) is 3.38. The highest BCUT2D eigenvalue weighted by atomic mass is 16.5. The summed E-state index contributed by atoms with van der Waals surface area (Å²) in [6.45, 7) is 3.35. The number of esters is 1. The van der Waals surface area contributed by atoms with E-state index >= 15 is 0 Å². The van der Waals surface area contributed by atoms with Gasteiger partial charge in [-0.1, -0.05) is 30.9 Å². The molecule has 0 radical (unpaired) electrons. The molecule has 0 bridgehead atoms. The van der Waals surface area contributed by atoms with Crippen molar-refractivity contribution < 1.29 is 24.2 Å². The number of likely N-dealkylation sites (tertiary alicyclic amines) is 1.